The fraction of sp³-hybridized carbons (Fsp3) is 0.500. The van der Waals surface area contributed by atoms with Crippen molar-refractivity contribution in [1.82, 2.24) is 4.90 Å². The average Bonchev–Trinajstić information content (AvgIpc) is 2.37. The third-order valence-electron chi connectivity index (χ3n) is 3.45. The van der Waals surface area contributed by atoms with E-state index in [0.29, 0.717) is 15.7 Å². The van der Waals surface area contributed by atoms with Crippen molar-refractivity contribution in [2.75, 3.05) is 18.4 Å². The number of hydrogen-bond acceptors (Lipinski definition) is 2. The van der Waals surface area contributed by atoms with E-state index in [4.69, 9.17) is 23.2 Å². The summed E-state index contributed by atoms with van der Waals surface area (Å²) in [6.45, 7) is 3.92. The highest BCUT2D eigenvalue weighted by atomic mass is 35.5. The number of rotatable bonds is 3. The zero-order valence-electron chi connectivity index (χ0n) is 11.0. The lowest BCUT2D eigenvalue weighted by Crippen LogP contribution is -2.44. The van der Waals surface area contributed by atoms with Crippen molar-refractivity contribution in [1.29, 1.82) is 0 Å². The van der Waals surface area contributed by atoms with Gasteiger partial charge >= 0.3 is 0 Å². The Labute approximate surface area is 123 Å². The maximum Gasteiger partial charge on any atom is 0.241 e. The van der Waals surface area contributed by atoms with Gasteiger partial charge in [-0.15, -0.1) is 0 Å². The summed E-state index contributed by atoms with van der Waals surface area (Å²) in [4.78, 5) is 14.4. The smallest absolute Gasteiger partial charge is 0.241 e. The molecule has 1 aromatic carbocycles. The van der Waals surface area contributed by atoms with Crippen molar-refractivity contribution < 1.29 is 4.79 Å². The molecule has 0 aliphatic carbocycles. The molecular weight excluding hydrogens is 283 g/mol. The second kappa shape index (κ2) is 6.60. The lowest BCUT2D eigenvalue weighted by atomic mass is 10.1. The number of carbonyl (C=O) groups excluding carboxylic acids is 1. The Balaban J connectivity index is 1.99. The molecule has 1 heterocycles. The van der Waals surface area contributed by atoms with Gasteiger partial charge in [-0.05, 0) is 51.1 Å². The lowest BCUT2D eigenvalue weighted by Gasteiger charge is -2.31. The van der Waals surface area contributed by atoms with Gasteiger partial charge in [0.25, 0.3) is 0 Å². The van der Waals surface area contributed by atoms with Gasteiger partial charge in [0.05, 0.1) is 6.04 Å². The molecule has 0 spiro atoms. The molecule has 1 atom stereocenters. The SMILES string of the molecule is CC(C(=O)Nc1cc(Cl)cc(Cl)c1)N1CCCCC1. The molecule has 1 saturated heterocycles. The van der Waals surface area contributed by atoms with Gasteiger partial charge < -0.3 is 5.32 Å². The molecule has 1 amide bonds. The van der Waals surface area contributed by atoms with Crippen molar-refractivity contribution in [3.05, 3.63) is 28.2 Å². The fourth-order valence-corrected chi connectivity index (χ4v) is 2.87. The normalized spacial score (nSPS) is 18.1. The molecule has 5 heteroatoms. The summed E-state index contributed by atoms with van der Waals surface area (Å²) in [6.07, 6.45) is 3.59. The molecule has 1 fully saturated rings. The first-order valence-corrected chi connectivity index (χ1v) is 7.33. The molecule has 1 unspecified atom stereocenters. The summed E-state index contributed by atoms with van der Waals surface area (Å²) in [5, 5.41) is 3.91. The van der Waals surface area contributed by atoms with Crippen LogP contribution in [0.15, 0.2) is 18.2 Å². The zero-order chi connectivity index (χ0) is 13.8. The number of piperidine rings is 1. The van der Waals surface area contributed by atoms with Crippen LogP contribution in [0.2, 0.25) is 10.0 Å². The van der Waals surface area contributed by atoms with Gasteiger partial charge in [-0.25, -0.2) is 0 Å². The van der Waals surface area contributed by atoms with Crippen LogP contribution in [-0.4, -0.2) is 29.9 Å². The van der Waals surface area contributed by atoms with E-state index in [9.17, 15) is 4.79 Å². The molecule has 1 N–H and O–H groups in total. The van der Waals surface area contributed by atoms with Crippen molar-refractivity contribution in [2.24, 2.45) is 0 Å². The number of benzene rings is 1. The second-order valence-electron chi connectivity index (χ2n) is 4.92. The Kier molecular flexibility index (Phi) is 5.08. The largest absolute Gasteiger partial charge is 0.325 e. The molecule has 0 saturated carbocycles. The Morgan fingerprint density at radius 3 is 2.32 bits per heavy atom. The van der Waals surface area contributed by atoms with E-state index >= 15 is 0 Å². The summed E-state index contributed by atoms with van der Waals surface area (Å²) < 4.78 is 0. The Hall–Kier alpha value is -0.770. The van der Waals surface area contributed by atoms with Crippen molar-refractivity contribution in [3.8, 4) is 0 Å². The topological polar surface area (TPSA) is 32.3 Å². The molecule has 0 radical (unpaired) electrons. The molecule has 1 aliphatic heterocycles. The Bertz CT molecular complexity index is 439. The van der Waals surface area contributed by atoms with Gasteiger partial charge in [0.15, 0.2) is 0 Å². The zero-order valence-corrected chi connectivity index (χ0v) is 12.5. The van der Waals surface area contributed by atoms with Crippen molar-refractivity contribution >= 4 is 34.8 Å². The summed E-state index contributed by atoms with van der Waals surface area (Å²) in [6, 6.07) is 4.92. The van der Waals surface area contributed by atoms with E-state index in [1.807, 2.05) is 6.92 Å². The number of anilines is 1. The maximum absolute atomic E-state index is 12.2. The minimum absolute atomic E-state index is 0.0137. The van der Waals surface area contributed by atoms with Gasteiger partial charge in [-0.1, -0.05) is 29.6 Å². The number of halogens is 2. The van der Waals surface area contributed by atoms with Crippen LogP contribution in [0.3, 0.4) is 0 Å². The first-order chi connectivity index (χ1) is 9.06. The molecule has 0 aromatic heterocycles. The van der Waals surface area contributed by atoms with E-state index in [2.05, 4.69) is 10.2 Å². The van der Waals surface area contributed by atoms with Crippen LogP contribution < -0.4 is 5.32 Å². The highest BCUT2D eigenvalue weighted by Crippen LogP contribution is 2.23. The summed E-state index contributed by atoms with van der Waals surface area (Å²) in [5.74, 6) is -0.0137. The molecule has 0 bridgehead atoms. The molecule has 19 heavy (non-hydrogen) atoms. The van der Waals surface area contributed by atoms with E-state index in [0.717, 1.165) is 13.1 Å². The van der Waals surface area contributed by atoms with E-state index in [-0.39, 0.29) is 11.9 Å². The summed E-state index contributed by atoms with van der Waals surface area (Å²) >= 11 is 11.8. The predicted octanol–water partition coefficient (Wildman–Crippen LogP) is 3.81. The first-order valence-electron chi connectivity index (χ1n) is 6.57. The minimum atomic E-state index is -0.127. The monoisotopic (exact) mass is 300 g/mol. The average molecular weight is 301 g/mol. The van der Waals surface area contributed by atoms with Gasteiger partial charge in [0.2, 0.25) is 5.91 Å². The maximum atomic E-state index is 12.2. The third kappa shape index (κ3) is 4.10. The highest BCUT2D eigenvalue weighted by Gasteiger charge is 2.22. The van der Waals surface area contributed by atoms with Crippen molar-refractivity contribution in [3.63, 3.8) is 0 Å². The van der Waals surface area contributed by atoms with Gasteiger partial charge in [-0.3, -0.25) is 9.69 Å². The van der Waals surface area contributed by atoms with E-state index in [1.54, 1.807) is 18.2 Å². The van der Waals surface area contributed by atoms with Crippen LogP contribution in [0.1, 0.15) is 26.2 Å². The second-order valence-corrected chi connectivity index (χ2v) is 5.79. The molecule has 2 rings (SSSR count). The lowest BCUT2D eigenvalue weighted by molar-refractivity contribution is -0.121. The summed E-state index contributed by atoms with van der Waals surface area (Å²) in [7, 11) is 0. The number of nitrogens with one attached hydrogen (secondary N) is 1. The van der Waals surface area contributed by atoms with Gasteiger partial charge in [0, 0.05) is 15.7 Å². The van der Waals surface area contributed by atoms with Crippen LogP contribution in [0, 0.1) is 0 Å². The van der Waals surface area contributed by atoms with Crippen LogP contribution in [-0.2, 0) is 4.79 Å². The summed E-state index contributed by atoms with van der Waals surface area (Å²) in [5.41, 5.74) is 0.645. The Morgan fingerprint density at radius 2 is 1.74 bits per heavy atom. The van der Waals surface area contributed by atoms with Gasteiger partial charge in [0.1, 0.15) is 0 Å². The predicted molar refractivity (Wildman–Crippen MR) is 80.0 cm³/mol. The first kappa shape index (κ1) is 14.6. The third-order valence-corrected chi connectivity index (χ3v) is 3.88. The minimum Gasteiger partial charge on any atom is -0.325 e. The molecule has 1 aliphatic rings. The van der Waals surface area contributed by atoms with Crippen LogP contribution in [0.25, 0.3) is 0 Å². The standard InChI is InChI=1S/C14H18Cl2N2O/c1-10(18-5-3-2-4-6-18)14(19)17-13-8-11(15)7-12(16)9-13/h7-10H,2-6H2,1H3,(H,17,19). The number of hydrogen-bond donors (Lipinski definition) is 1. The van der Waals surface area contributed by atoms with E-state index < -0.39 is 0 Å². The molecule has 1 aromatic rings. The highest BCUT2D eigenvalue weighted by molar-refractivity contribution is 6.35. The molecular formula is C14H18Cl2N2O. The van der Waals surface area contributed by atoms with Crippen LogP contribution in [0.5, 0.6) is 0 Å². The Morgan fingerprint density at radius 1 is 1.16 bits per heavy atom. The fourth-order valence-electron chi connectivity index (χ4n) is 2.34. The number of nitrogens with zero attached hydrogens (tertiary/aromatic N) is 1. The molecule has 104 valence electrons. The number of likely N-dealkylation sites (tertiary alicyclic amines) is 1. The van der Waals surface area contributed by atoms with Crippen LogP contribution in [0.4, 0.5) is 5.69 Å². The number of carbonyl (C=O) groups is 1. The quantitative estimate of drug-likeness (QED) is 0.921. The molecule has 3 nitrogen and oxygen atoms in total. The van der Waals surface area contributed by atoms with Gasteiger partial charge in [-0.2, -0.15) is 0 Å². The van der Waals surface area contributed by atoms with Crippen LogP contribution >= 0.6 is 23.2 Å². The number of amides is 1. The van der Waals surface area contributed by atoms with E-state index in [1.165, 1.54) is 19.3 Å². The van der Waals surface area contributed by atoms with Crippen molar-refractivity contribution in [2.45, 2.75) is 32.2 Å².